The quantitative estimate of drug-likeness (QED) is 0.374. The molecule has 3 aromatic rings. The van der Waals surface area contributed by atoms with E-state index in [2.05, 4.69) is 5.43 Å². The second kappa shape index (κ2) is 8.96. The Morgan fingerprint density at radius 1 is 0.767 bits per heavy atom. The Morgan fingerprint density at radius 3 is 2.13 bits per heavy atom. The molecule has 0 spiro atoms. The topological polar surface area (TPSA) is 67.9 Å². The average Bonchev–Trinajstić information content (AvgIpc) is 3.07. The lowest BCUT2D eigenvalue weighted by atomic mass is 10.1. The van der Waals surface area contributed by atoms with Crippen molar-refractivity contribution in [3.63, 3.8) is 0 Å². The van der Waals surface area contributed by atoms with Crippen molar-refractivity contribution in [2.24, 2.45) is 0 Å². The number of carbonyl (C=O) groups excluding carboxylic acids is 2. The van der Waals surface area contributed by atoms with E-state index >= 15 is 0 Å². The first-order valence-electron chi connectivity index (χ1n) is 9.53. The molecule has 1 fully saturated rings. The van der Waals surface area contributed by atoms with E-state index in [0.717, 1.165) is 5.75 Å². The predicted molar refractivity (Wildman–Crippen MR) is 114 cm³/mol. The maximum absolute atomic E-state index is 12.7. The van der Waals surface area contributed by atoms with E-state index in [4.69, 9.17) is 9.47 Å². The molecule has 6 heteroatoms. The van der Waals surface area contributed by atoms with Crippen LogP contribution in [0.2, 0.25) is 0 Å². The molecule has 1 aliphatic heterocycles. The van der Waals surface area contributed by atoms with Crippen molar-refractivity contribution < 1.29 is 19.1 Å². The van der Waals surface area contributed by atoms with E-state index in [1.54, 1.807) is 36.4 Å². The Labute approximate surface area is 174 Å². The molecule has 0 radical (unpaired) electrons. The first-order chi connectivity index (χ1) is 14.7. The number of rotatable bonds is 7. The number of anilines is 1. The minimum Gasteiger partial charge on any atom is -0.490 e. The van der Waals surface area contributed by atoms with Gasteiger partial charge in [0.2, 0.25) is 0 Å². The molecule has 0 aliphatic carbocycles. The summed E-state index contributed by atoms with van der Waals surface area (Å²) in [4.78, 5) is 25.0. The Hall–Kier alpha value is -4.06. The van der Waals surface area contributed by atoms with Crippen molar-refractivity contribution in [1.29, 1.82) is 0 Å². The molecule has 0 aromatic heterocycles. The highest BCUT2D eigenvalue weighted by atomic mass is 16.5. The fraction of sp³-hybridized carbons (Fsp3) is 0.0833. The van der Waals surface area contributed by atoms with Crippen LogP contribution in [-0.2, 0) is 9.59 Å². The molecule has 0 unspecified atom stereocenters. The Morgan fingerprint density at radius 2 is 1.40 bits per heavy atom. The SMILES string of the molecule is O=C1NN(c2ccccc2)C(=O)C1=Cc1cccc(OCCOc2ccccc2)c1. The summed E-state index contributed by atoms with van der Waals surface area (Å²) < 4.78 is 11.3. The third kappa shape index (κ3) is 4.50. The minimum atomic E-state index is -0.438. The van der Waals surface area contributed by atoms with Gasteiger partial charge in [0.15, 0.2) is 0 Å². The molecular formula is C24H20N2O4. The Balaban J connectivity index is 1.40. The molecule has 6 nitrogen and oxygen atoms in total. The van der Waals surface area contributed by atoms with Gasteiger partial charge in [-0.3, -0.25) is 15.0 Å². The van der Waals surface area contributed by atoms with Gasteiger partial charge < -0.3 is 9.47 Å². The standard InChI is InChI=1S/C24H20N2O4/c27-23-22(24(28)26(25-23)19-9-3-1-4-10-19)17-18-8-7-13-21(16-18)30-15-14-29-20-11-5-2-6-12-20/h1-13,16-17H,14-15H2,(H,25,27). The molecule has 0 saturated carbocycles. The van der Waals surface area contributed by atoms with Crippen LogP contribution in [0.1, 0.15) is 5.56 Å². The lowest BCUT2D eigenvalue weighted by Crippen LogP contribution is -2.35. The molecule has 1 heterocycles. The van der Waals surface area contributed by atoms with E-state index in [0.29, 0.717) is 30.2 Å². The van der Waals surface area contributed by atoms with Crippen molar-refractivity contribution in [3.05, 3.63) is 96.1 Å². The molecule has 30 heavy (non-hydrogen) atoms. The fourth-order valence-corrected chi connectivity index (χ4v) is 3.01. The number of carbonyl (C=O) groups is 2. The highest BCUT2D eigenvalue weighted by molar-refractivity contribution is 6.31. The van der Waals surface area contributed by atoms with Gasteiger partial charge in [-0.05, 0) is 48.0 Å². The van der Waals surface area contributed by atoms with Gasteiger partial charge in [-0.2, -0.15) is 0 Å². The normalized spacial score (nSPS) is 14.7. The molecule has 1 aliphatic rings. The van der Waals surface area contributed by atoms with Crippen LogP contribution in [-0.4, -0.2) is 25.0 Å². The minimum absolute atomic E-state index is 0.0726. The average molecular weight is 400 g/mol. The number of benzene rings is 3. The summed E-state index contributed by atoms with van der Waals surface area (Å²) >= 11 is 0. The van der Waals surface area contributed by atoms with Crippen LogP contribution < -0.4 is 19.9 Å². The van der Waals surface area contributed by atoms with Crippen LogP contribution in [0.3, 0.4) is 0 Å². The van der Waals surface area contributed by atoms with Gasteiger partial charge in [-0.1, -0.05) is 48.5 Å². The number of amides is 2. The second-order valence-electron chi connectivity index (χ2n) is 6.56. The van der Waals surface area contributed by atoms with Crippen LogP contribution in [0.4, 0.5) is 5.69 Å². The third-order valence-electron chi connectivity index (χ3n) is 4.44. The number of ether oxygens (including phenoxy) is 2. The first-order valence-corrected chi connectivity index (χ1v) is 9.53. The van der Waals surface area contributed by atoms with E-state index in [-0.39, 0.29) is 5.57 Å². The molecule has 150 valence electrons. The van der Waals surface area contributed by atoms with Gasteiger partial charge in [0.05, 0.1) is 5.69 Å². The van der Waals surface area contributed by atoms with E-state index in [1.165, 1.54) is 5.01 Å². The second-order valence-corrected chi connectivity index (χ2v) is 6.56. The molecule has 3 aromatic carbocycles. The van der Waals surface area contributed by atoms with Gasteiger partial charge in [0.1, 0.15) is 30.3 Å². The molecule has 0 bridgehead atoms. The fourth-order valence-electron chi connectivity index (χ4n) is 3.01. The van der Waals surface area contributed by atoms with Gasteiger partial charge in [-0.15, -0.1) is 0 Å². The lowest BCUT2D eigenvalue weighted by molar-refractivity contribution is -0.117. The number of hydrogen-bond donors (Lipinski definition) is 1. The van der Waals surface area contributed by atoms with E-state index in [1.807, 2.05) is 54.6 Å². The third-order valence-corrected chi connectivity index (χ3v) is 4.44. The largest absolute Gasteiger partial charge is 0.490 e. The van der Waals surface area contributed by atoms with Crippen molar-refractivity contribution in [3.8, 4) is 11.5 Å². The molecular weight excluding hydrogens is 380 g/mol. The van der Waals surface area contributed by atoms with Gasteiger partial charge in [0, 0.05) is 0 Å². The van der Waals surface area contributed by atoms with Crippen LogP contribution >= 0.6 is 0 Å². The molecule has 4 rings (SSSR count). The van der Waals surface area contributed by atoms with Crippen LogP contribution in [0, 0.1) is 0 Å². The summed E-state index contributed by atoms with van der Waals surface area (Å²) in [5.41, 5.74) is 3.97. The van der Waals surface area contributed by atoms with Gasteiger partial charge in [0.25, 0.3) is 11.8 Å². The smallest absolute Gasteiger partial charge is 0.282 e. The molecule has 1 saturated heterocycles. The Bertz CT molecular complexity index is 1060. The highest BCUT2D eigenvalue weighted by Crippen LogP contribution is 2.22. The number of para-hydroxylation sites is 2. The summed E-state index contributed by atoms with van der Waals surface area (Å²) in [6.07, 6.45) is 1.56. The van der Waals surface area contributed by atoms with Crippen LogP contribution in [0.25, 0.3) is 6.08 Å². The maximum atomic E-state index is 12.7. The predicted octanol–water partition coefficient (Wildman–Crippen LogP) is 3.61. The zero-order valence-electron chi connectivity index (χ0n) is 16.2. The summed E-state index contributed by atoms with van der Waals surface area (Å²) in [7, 11) is 0. The van der Waals surface area contributed by atoms with E-state index < -0.39 is 11.8 Å². The summed E-state index contributed by atoms with van der Waals surface area (Å²) in [5, 5.41) is 1.25. The molecule has 0 atom stereocenters. The summed E-state index contributed by atoms with van der Waals surface area (Å²) in [6.45, 7) is 0.776. The molecule has 2 amide bonds. The number of hydrogen-bond acceptors (Lipinski definition) is 4. The van der Waals surface area contributed by atoms with E-state index in [9.17, 15) is 9.59 Å². The lowest BCUT2D eigenvalue weighted by Gasteiger charge is -2.13. The van der Waals surface area contributed by atoms with Crippen molar-refractivity contribution >= 4 is 23.6 Å². The zero-order valence-corrected chi connectivity index (χ0v) is 16.2. The van der Waals surface area contributed by atoms with Crippen LogP contribution in [0.15, 0.2) is 90.5 Å². The van der Waals surface area contributed by atoms with Gasteiger partial charge >= 0.3 is 0 Å². The highest BCUT2D eigenvalue weighted by Gasteiger charge is 2.34. The van der Waals surface area contributed by atoms with Crippen molar-refractivity contribution in [2.75, 3.05) is 18.2 Å². The van der Waals surface area contributed by atoms with Crippen molar-refractivity contribution in [1.82, 2.24) is 5.43 Å². The summed E-state index contributed by atoms with van der Waals surface area (Å²) in [6, 6.07) is 25.7. The number of nitrogens with zero attached hydrogens (tertiary/aromatic N) is 1. The maximum Gasteiger partial charge on any atom is 0.282 e. The number of hydrazine groups is 1. The van der Waals surface area contributed by atoms with Gasteiger partial charge in [-0.25, -0.2) is 5.01 Å². The van der Waals surface area contributed by atoms with Crippen molar-refractivity contribution in [2.45, 2.75) is 0 Å². The Kier molecular flexibility index (Phi) is 5.75. The van der Waals surface area contributed by atoms with Crippen LogP contribution in [0.5, 0.6) is 11.5 Å². The monoisotopic (exact) mass is 400 g/mol. The summed E-state index contributed by atoms with van der Waals surface area (Å²) in [5.74, 6) is 0.584. The first kappa shape index (κ1) is 19.3. The molecule has 1 N–H and O–H groups in total. The number of nitrogens with one attached hydrogen (secondary N) is 1. The zero-order chi connectivity index (χ0) is 20.8.